The van der Waals surface area contributed by atoms with Crippen LogP contribution in [0.4, 0.5) is 0 Å². The van der Waals surface area contributed by atoms with E-state index < -0.39 is 16.4 Å². The van der Waals surface area contributed by atoms with Crippen LogP contribution >= 0.6 is 0 Å². The first-order valence-electron chi connectivity index (χ1n) is 10.5. The van der Waals surface area contributed by atoms with Gasteiger partial charge in [0.05, 0.1) is 10.8 Å². The van der Waals surface area contributed by atoms with Gasteiger partial charge in [0.2, 0.25) is 0 Å². The summed E-state index contributed by atoms with van der Waals surface area (Å²) in [5.74, 6) is 2.29. The van der Waals surface area contributed by atoms with Crippen LogP contribution in [0.15, 0.2) is 23.5 Å². The molecule has 0 N–H and O–H groups in total. The number of rotatable bonds is 2. The molecule has 0 fully saturated rings. The summed E-state index contributed by atoms with van der Waals surface area (Å²) in [5.41, 5.74) is -1.44. The van der Waals surface area contributed by atoms with Crippen molar-refractivity contribution >= 4 is 11.6 Å². The van der Waals surface area contributed by atoms with Gasteiger partial charge >= 0.3 is 0 Å². The third kappa shape index (κ3) is 2.76. The summed E-state index contributed by atoms with van der Waals surface area (Å²) in [6.07, 6.45) is 5.51. The lowest BCUT2D eigenvalue weighted by atomic mass is 9.54. The van der Waals surface area contributed by atoms with Gasteiger partial charge in [-0.05, 0) is 64.9 Å². The fourth-order valence-electron chi connectivity index (χ4n) is 5.62. The fraction of sp³-hybridized carbons (Fsp3) is 0.750. The minimum Gasteiger partial charge on any atom is -0.486 e. The molecule has 0 aromatic carbocycles. The summed E-state index contributed by atoms with van der Waals surface area (Å²) in [7, 11) is 0. The van der Waals surface area contributed by atoms with Crippen LogP contribution in [0.5, 0.6) is 0 Å². The first kappa shape index (κ1) is 20.4. The topological polar surface area (TPSA) is 43.4 Å². The van der Waals surface area contributed by atoms with Gasteiger partial charge in [0.15, 0.2) is 11.6 Å². The Morgan fingerprint density at radius 2 is 1.56 bits per heavy atom. The molecule has 1 heterocycles. The van der Waals surface area contributed by atoms with Crippen molar-refractivity contribution in [2.24, 2.45) is 40.4 Å². The zero-order chi connectivity index (χ0) is 20.5. The Labute approximate surface area is 164 Å². The van der Waals surface area contributed by atoms with E-state index in [1.54, 1.807) is 13.8 Å². The molecule has 0 amide bonds. The Balaban J connectivity index is 2.23. The highest BCUT2D eigenvalue weighted by Crippen LogP contribution is 2.58. The van der Waals surface area contributed by atoms with E-state index in [4.69, 9.17) is 4.74 Å². The van der Waals surface area contributed by atoms with Crippen LogP contribution in [0.3, 0.4) is 0 Å². The molecule has 0 aromatic rings. The summed E-state index contributed by atoms with van der Waals surface area (Å²) in [6.45, 7) is 18.5. The quantitative estimate of drug-likeness (QED) is 0.484. The van der Waals surface area contributed by atoms with Crippen molar-refractivity contribution in [3.8, 4) is 0 Å². The molecule has 4 atom stereocenters. The van der Waals surface area contributed by atoms with Crippen molar-refractivity contribution in [3.63, 3.8) is 0 Å². The van der Waals surface area contributed by atoms with Crippen LogP contribution in [0.2, 0.25) is 0 Å². The van der Waals surface area contributed by atoms with Gasteiger partial charge in [0.25, 0.3) is 0 Å². The van der Waals surface area contributed by atoms with E-state index in [-0.39, 0.29) is 23.4 Å². The second-order valence-electron chi connectivity index (χ2n) is 10.8. The summed E-state index contributed by atoms with van der Waals surface area (Å²) >= 11 is 0. The van der Waals surface area contributed by atoms with Crippen LogP contribution in [-0.4, -0.2) is 17.2 Å². The highest BCUT2D eigenvalue weighted by molar-refractivity contribution is 6.19. The molecule has 0 spiro atoms. The monoisotopic (exact) mass is 372 g/mol. The normalized spacial score (nSPS) is 37.4. The molecule has 150 valence electrons. The molecule has 0 unspecified atom stereocenters. The second-order valence-corrected chi connectivity index (χ2v) is 10.8. The Kier molecular flexibility index (Phi) is 4.57. The molecule has 3 aliphatic rings. The molecule has 0 radical (unpaired) electrons. The molecule has 2 aliphatic carbocycles. The molecule has 0 aromatic heterocycles. The summed E-state index contributed by atoms with van der Waals surface area (Å²) in [5, 5.41) is 0. The number of hydrogen-bond acceptors (Lipinski definition) is 3. The van der Waals surface area contributed by atoms with E-state index in [0.717, 1.165) is 12.0 Å². The molecule has 27 heavy (non-hydrogen) atoms. The zero-order valence-electron chi connectivity index (χ0n) is 18.5. The number of ether oxygens (including phenoxy) is 1. The molecule has 3 rings (SSSR count). The Hall–Kier alpha value is -1.38. The lowest BCUT2D eigenvalue weighted by molar-refractivity contribution is -0.153. The van der Waals surface area contributed by atoms with Gasteiger partial charge in [-0.25, -0.2) is 0 Å². The highest BCUT2D eigenvalue weighted by atomic mass is 16.5. The van der Waals surface area contributed by atoms with Gasteiger partial charge in [-0.2, -0.15) is 0 Å². The number of fused-ring (bicyclic) bond motifs is 1. The number of ketones is 2. The van der Waals surface area contributed by atoms with Crippen LogP contribution in [-0.2, 0) is 14.3 Å². The fourth-order valence-corrected chi connectivity index (χ4v) is 5.62. The maximum absolute atomic E-state index is 13.5. The Morgan fingerprint density at radius 1 is 0.963 bits per heavy atom. The van der Waals surface area contributed by atoms with Gasteiger partial charge in [-0.1, -0.05) is 33.8 Å². The average Bonchev–Trinajstić information content (AvgIpc) is 2.56. The smallest absolute Gasteiger partial charge is 0.175 e. The summed E-state index contributed by atoms with van der Waals surface area (Å²) in [4.78, 5) is 26.7. The van der Waals surface area contributed by atoms with Gasteiger partial charge in [-0.3, -0.25) is 9.59 Å². The minimum absolute atomic E-state index is 0.0294. The number of Topliss-reactive ketones (excluding diaryl/α,β-unsaturated/α-hetero) is 2. The number of allylic oxidation sites excluding steroid dienone is 3. The van der Waals surface area contributed by atoms with E-state index in [2.05, 4.69) is 46.8 Å². The number of carbonyl (C=O) groups excluding carboxylic acids is 2. The van der Waals surface area contributed by atoms with Gasteiger partial charge in [-0.15, -0.1) is 0 Å². The molecule has 0 saturated heterocycles. The van der Waals surface area contributed by atoms with Crippen molar-refractivity contribution in [1.29, 1.82) is 0 Å². The van der Waals surface area contributed by atoms with Crippen molar-refractivity contribution in [2.45, 2.75) is 74.3 Å². The molecular weight excluding hydrogens is 336 g/mol. The van der Waals surface area contributed by atoms with Crippen LogP contribution in [0.1, 0.15) is 68.7 Å². The van der Waals surface area contributed by atoms with E-state index in [9.17, 15) is 9.59 Å². The first-order valence-corrected chi connectivity index (χ1v) is 10.5. The van der Waals surface area contributed by atoms with Gasteiger partial charge in [0, 0.05) is 17.4 Å². The third-order valence-electron chi connectivity index (χ3n) is 7.36. The van der Waals surface area contributed by atoms with Crippen molar-refractivity contribution in [1.82, 2.24) is 0 Å². The van der Waals surface area contributed by atoms with Crippen LogP contribution < -0.4 is 0 Å². The SMILES string of the molecule is CC(C)[C@@H]1C=C[C@@]2(C)OC3=C(C(=O)C(C)(C)C(=O)C3(C)C)[C@@H](C(C)C)[C@H]2C1. The van der Waals surface area contributed by atoms with Gasteiger partial charge < -0.3 is 4.74 Å². The van der Waals surface area contributed by atoms with Crippen molar-refractivity contribution < 1.29 is 14.3 Å². The van der Waals surface area contributed by atoms with Crippen molar-refractivity contribution in [3.05, 3.63) is 23.5 Å². The molecule has 1 aliphatic heterocycles. The predicted molar refractivity (Wildman–Crippen MR) is 108 cm³/mol. The molecule has 3 nitrogen and oxygen atoms in total. The van der Waals surface area contributed by atoms with E-state index >= 15 is 0 Å². The second kappa shape index (κ2) is 6.06. The lowest BCUT2D eigenvalue weighted by Gasteiger charge is -2.55. The predicted octanol–water partition coefficient (Wildman–Crippen LogP) is 5.35. The van der Waals surface area contributed by atoms with E-state index in [1.807, 2.05) is 13.8 Å². The lowest BCUT2D eigenvalue weighted by Crippen LogP contribution is -2.58. The highest BCUT2D eigenvalue weighted by Gasteiger charge is 2.61. The van der Waals surface area contributed by atoms with Crippen molar-refractivity contribution in [2.75, 3.05) is 0 Å². The minimum atomic E-state index is -0.992. The molecule has 3 heteroatoms. The Bertz CT molecular complexity index is 735. The maximum Gasteiger partial charge on any atom is 0.175 e. The standard InChI is InChI=1S/C24H36O3/c1-13(2)15-10-11-24(9)16(12-15)17(14(3)4)18-19(25)22(5,6)21(26)23(7,8)20(18)27-24/h10-11,13-17H,12H2,1-9H3/t15-,16-,17+,24-/m1/s1. The Morgan fingerprint density at radius 3 is 2.07 bits per heavy atom. The van der Waals surface area contributed by atoms with Crippen LogP contribution in [0, 0.1) is 40.4 Å². The van der Waals surface area contributed by atoms with Gasteiger partial charge in [0.1, 0.15) is 11.4 Å². The van der Waals surface area contributed by atoms with E-state index in [0.29, 0.717) is 23.5 Å². The molecule has 0 saturated carbocycles. The largest absolute Gasteiger partial charge is 0.486 e. The summed E-state index contributed by atoms with van der Waals surface area (Å²) < 4.78 is 6.59. The first-order chi connectivity index (χ1) is 12.2. The summed E-state index contributed by atoms with van der Waals surface area (Å²) in [6, 6.07) is 0. The molecular formula is C24H36O3. The van der Waals surface area contributed by atoms with Crippen LogP contribution in [0.25, 0.3) is 0 Å². The van der Waals surface area contributed by atoms with E-state index in [1.165, 1.54) is 0 Å². The number of carbonyl (C=O) groups is 2. The number of hydrogen-bond donors (Lipinski definition) is 0. The molecule has 0 bridgehead atoms. The maximum atomic E-state index is 13.5. The average molecular weight is 373 g/mol. The zero-order valence-corrected chi connectivity index (χ0v) is 18.5. The third-order valence-corrected chi connectivity index (χ3v) is 7.36.